The van der Waals surface area contributed by atoms with Crippen LogP contribution >= 0.6 is 23.2 Å². The van der Waals surface area contributed by atoms with Gasteiger partial charge in [0.1, 0.15) is 0 Å². The van der Waals surface area contributed by atoms with Gasteiger partial charge in [-0.15, -0.1) is 0 Å². The van der Waals surface area contributed by atoms with Crippen LogP contribution in [0.25, 0.3) is 0 Å². The average Bonchev–Trinajstić information content (AvgIpc) is 2.28. The van der Waals surface area contributed by atoms with Gasteiger partial charge in [0.25, 0.3) is 0 Å². The van der Waals surface area contributed by atoms with Gasteiger partial charge in [0.15, 0.2) is 0 Å². The van der Waals surface area contributed by atoms with Crippen molar-refractivity contribution >= 4 is 28.9 Å². The molecule has 70 valence electrons. The fourth-order valence-corrected chi connectivity index (χ4v) is 2.07. The van der Waals surface area contributed by atoms with E-state index < -0.39 is 0 Å². The smallest absolute Gasteiger partial charge is 0.0655 e. The third-order valence-electron chi connectivity index (χ3n) is 2.06. The molecule has 0 saturated heterocycles. The summed E-state index contributed by atoms with van der Waals surface area (Å²) < 4.78 is 0. The molecule has 0 radical (unpaired) electrons. The van der Waals surface area contributed by atoms with E-state index in [4.69, 9.17) is 23.2 Å². The highest BCUT2D eigenvalue weighted by molar-refractivity contribution is 6.36. The van der Waals surface area contributed by atoms with Gasteiger partial charge in [0, 0.05) is 24.7 Å². The number of hydrogen-bond donors (Lipinski definition) is 2. The lowest BCUT2D eigenvalue weighted by Crippen LogP contribution is -2.16. The van der Waals surface area contributed by atoms with Crippen molar-refractivity contribution < 1.29 is 0 Å². The average molecular weight is 217 g/mol. The topological polar surface area (TPSA) is 24.1 Å². The summed E-state index contributed by atoms with van der Waals surface area (Å²) in [4.78, 5) is 0. The van der Waals surface area contributed by atoms with E-state index in [1.807, 2.05) is 6.07 Å². The van der Waals surface area contributed by atoms with E-state index in [1.165, 1.54) is 0 Å². The Morgan fingerprint density at radius 1 is 1.15 bits per heavy atom. The predicted octanol–water partition coefficient (Wildman–Crippen LogP) is 2.51. The van der Waals surface area contributed by atoms with E-state index in [-0.39, 0.29) is 0 Å². The number of rotatable bonds is 0. The van der Waals surface area contributed by atoms with Crippen LogP contribution in [-0.2, 0) is 6.54 Å². The summed E-state index contributed by atoms with van der Waals surface area (Å²) in [5.41, 5.74) is 2.14. The van der Waals surface area contributed by atoms with Gasteiger partial charge >= 0.3 is 0 Å². The number of halogens is 2. The highest BCUT2D eigenvalue weighted by Gasteiger charge is 2.10. The minimum absolute atomic E-state index is 0.689. The molecule has 1 aromatic carbocycles. The SMILES string of the molecule is Clc1cc(Cl)c2c(c1)CNCCN2. The Bertz CT molecular complexity index is 326. The molecule has 1 aromatic rings. The summed E-state index contributed by atoms with van der Waals surface area (Å²) in [6, 6.07) is 3.70. The standard InChI is InChI=1S/C9H10Cl2N2/c10-7-3-6-5-12-1-2-13-9(6)8(11)4-7/h3-4,12-13H,1-2,5H2. The van der Waals surface area contributed by atoms with Crippen molar-refractivity contribution in [3.63, 3.8) is 0 Å². The minimum Gasteiger partial charge on any atom is -0.382 e. The van der Waals surface area contributed by atoms with Gasteiger partial charge in [-0.2, -0.15) is 0 Å². The van der Waals surface area contributed by atoms with E-state index in [0.29, 0.717) is 10.0 Å². The van der Waals surface area contributed by atoms with Gasteiger partial charge in [-0.05, 0) is 17.7 Å². The summed E-state index contributed by atoms with van der Waals surface area (Å²) in [5, 5.41) is 7.93. The fourth-order valence-electron chi connectivity index (χ4n) is 1.46. The monoisotopic (exact) mass is 216 g/mol. The largest absolute Gasteiger partial charge is 0.382 e. The highest BCUT2D eigenvalue weighted by atomic mass is 35.5. The highest BCUT2D eigenvalue weighted by Crippen LogP contribution is 2.30. The Kier molecular flexibility index (Phi) is 2.63. The van der Waals surface area contributed by atoms with Crippen LogP contribution in [0.1, 0.15) is 5.56 Å². The van der Waals surface area contributed by atoms with Crippen LogP contribution in [0.5, 0.6) is 0 Å². The van der Waals surface area contributed by atoms with Crippen molar-refractivity contribution in [2.45, 2.75) is 6.54 Å². The van der Waals surface area contributed by atoms with Crippen molar-refractivity contribution in [1.82, 2.24) is 5.32 Å². The Morgan fingerprint density at radius 3 is 2.85 bits per heavy atom. The molecule has 0 atom stereocenters. The molecule has 0 aromatic heterocycles. The molecule has 0 spiro atoms. The summed E-state index contributed by atoms with van der Waals surface area (Å²) >= 11 is 11.9. The normalized spacial score (nSPS) is 15.8. The minimum atomic E-state index is 0.689. The molecule has 0 amide bonds. The van der Waals surface area contributed by atoms with E-state index in [0.717, 1.165) is 30.9 Å². The molecule has 1 aliphatic rings. The Hall–Kier alpha value is -0.440. The van der Waals surface area contributed by atoms with Gasteiger partial charge in [-0.25, -0.2) is 0 Å². The van der Waals surface area contributed by atoms with E-state index in [9.17, 15) is 0 Å². The molecule has 0 saturated carbocycles. The quantitative estimate of drug-likeness (QED) is 0.697. The summed E-state index contributed by atoms with van der Waals surface area (Å²) in [6.45, 7) is 2.67. The Morgan fingerprint density at radius 2 is 2.00 bits per heavy atom. The molecule has 2 rings (SSSR count). The van der Waals surface area contributed by atoms with Crippen molar-refractivity contribution in [3.8, 4) is 0 Å². The van der Waals surface area contributed by atoms with Crippen molar-refractivity contribution in [2.75, 3.05) is 18.4 Å². The predicted molar refractivity (Wildman–Crippen MR) is 56.7 cm³/mol. The van der Waals surface area contributed by atoms with Gasteiger partial charge < -0.3 is 10.6 Å². The van der Waals surface area contributed by atoms with Crippen molar-refractivity contribution in [3.05, 3.63) is 27.7 Å². The number of anilines is 1. The molecular weight excluding hydrogens is 207 g/mol. The first-order chi connectivity index (χ1) is 6.27. The van der Waals surface area contributed by atoms with Crippen molar-refractivity contribution in [2.24, 2.45) is 0 Å². The maximum Gasteiger partial charge on any atom is 0.0655 e. The molecule has 0 aliphatic carbocycles. The second-order valence-electron chi connectivity index (χ2n) is 3.03. The lowest BCUT2D eigenvalue weighted by molar-refractivity contribution is 0.725. The zero-order valence-electron chi connectivity index (χ0n) is 7.03. The molecule has 0 bridgehead atoms. The second kappa shape index (κ2) is 3.74. The lowest BCUT2D eigenvalue weighted by atomic mass is 10.2. The van der Waals surface area contributed by atoms with Crippen LogP contribution < -0.4 is 10.6 Å². The van der Waals surface area contributed by atoms with Crippen LogP contribution in [-0.4, -0.2) is 13.1 Å². The van der Waals surface area contributed by atoms with E-state index >= 15 is 0 Å². The van der Waals surface area contributed by atoms with Crippen LogP contribution in [0, 0.1) is 0 Å². The molecule has 0 unspecified atom stereocenters. The van der Waals surface area contributed by atoms with Gasteiger partial charge in [0.05, 0.1) is 10.7 Å². The summed E-state index contributed by atoms with van der Waals surface area (Å²) in [7, 11) is 0. The van der Waals surface area contributed by atoms with Gasteiger partial charge in [-0.1, -0.05) is 23.2 Å². The molecule has 2 N–H and O–H groups in total. The van der Waals surface area contributed by atoms with Crippen LogP contribution in [0.3, 0.4) is 0 Å². The molecule has 4 heteroatoms. The van der Waals surface area contributed by atoms with Crippen molar-refractivity contribution in [1.29, 1.82) is 0 Å². The second-order valence-corrected chi connectivity index (χ2v) is 3.87. The van der Waals surface area contributed by atoms with Gasteiger partial charge in [-0.3, -0.25) is 0 Å². The summed E-state index contributed by atoms with van der Waals surface area (Å²) in [6.07, 6.45) is 0. The number of fused-ring (bicyclic) bond motifs is 1. The maximum absolute atomic E-state index is 6.05. The first kappa shape index (κ1) is 9.13. The number of nitrogens with one attached hydrogen (secondary N) is 2. The third kappa shape index (κ3) is 1.90. The molecular formula is C9H10Cl2N2. The van der Waals surface area contributed by atoms with Crippen LogP contribution in [0.4, 0.5) is 5.69 Å². The molecule has 13 heavy (non-hydrogen) atoms. The molecule has 0 fully saturated rings. The third-order valence-corrected chi connectivity index (χ3v) is 2.57. The maximum atomic E-state index is 6.05. The van der Waals surface area contributed by atoms with Crippen LogP contribution in [0.15, 0.2) is 12.1 Å². The zero-order valence-corrected chi connectivity index (χ0v) is 8.54. The number of hydrogen-bond acceptors (Lipinski definition) is 2. The summed E-state index contributed by atoms with van der Waals surface area (Å²) in [5.74, 6) is 0. The fraction of sp³-hybridized carbons (Fsp3) is 0.333. The Labute approximate surface area is 87.2 Å². The molecule has 1 heterocycles. The molecule has 1 aliphatic heterocycles. The first-order valence-corrected chi connectivity index (χ1v) is 4.95. The van der Waals surface area contributed by atoms with E-state index in [2.05, 4.69) is 10.6 Å². The molecule has 2 nitrogen and oxygen atoms in total. The Balaban J connectivity index is 2.47. The van der Waals surface area contributed by atoms with E-state index in [1.54, 1.807) is 6.07 Å². The lowest BCUT2D eigenvalue weighted by Gasteiger charge is -2.09. The van der Waals surface area contributed by atoms with Gasteiger partial charge in [0.2, 0.25) is 0 Å². The van der Waals surface area contributed by atoms with Crippen LogP contribution in [0.2, 0.25) is 10.0 Å². The number of benzene rings is 1. The zero-order chi connectivity index (χ0) is 9.26. The first-order valence-electron chi connectivity index (χ1n) is 4.20.